The topological polar surface area (TPSA) is 22.0 Å². The number of aryl methyl sites for hydroxylation is 1. The predicted molar refractivity (Wildman–Crippen MR) is 88.7 cm³/mol. The molecule has 3 rings (SSSR count). The molecule has 1 unspecified atom stereocenters. The van der Waals surface area contributed by atoms with Gasteiger partial charge in [-0.15, -0.1) is 0 Å². The summed E-state index contributed by atoms with van der Waals surface area (Å²) in [5.74, 6) is 0.727. The summed E-state index contributed by atoms with van der Waals surface area (Å²) in [5, 5.41) is 0.854. The van der Waals surface area contributed by atoms with E-state index >= 15 is 0 Å². The van der Waals surface area contributed by atoms with E-state index < -0.39 is 0 Å². The summed E-state index contributed by atoms with van der Waals surface area (Å²) in [5.41, 5.74) is 2.48. The molecule has 110 valence electrons. The first-order valence-electron chi connectivity index (χ1n) is 8.06. The average Bonchev–Trinajstić information content (AvgIpc) is 2.52. The maximum atomic E-state index is 12.2. The van der Waals surface area contributed by atoms with Gasteiger partial charge in [0, 0.05) is 23.7 Å². The van der Waals surface area contributed by atoms with Crippen molar-refractivity contribution in [2.24, 2.45) is 5.92 Å². The monoisotopic (exact) mass is 281 g/mol. The van der Waals surface area contributed by atoms with Crippen LogP contribution in [0, 0.1) is 5.92 Å². The van der Waals surface area contributed by atoms with E-state index in [1.54, 1.807) is 0 Å². The number of allylic oxidation sites excluding steroid dienone is 2. The van der Waals surface area contributed by atoms with Crippen LogP contribution < -0.4 is 5.43 Å². The Morgan fingerprint density at radius 2 is 2.14 bits per heavy atom. The van der Waals surface area contributed by atoms with E-state index in [9.17, 15) is 4.79 Å². The Morgan fingerprint density at radius 1 is 1.29 bits per heavy atom. The van der Waals surface area contributed by atoms with Crippen LogP contribution in [0.1, 0.15) is 38.3 Å². The van der Waals surface area contributed by atoms with Crippen LogP contribution >= 0.6 is 0 Å². The summed E-state index contributed by atoms with van der Waals surface area (Å²) >= 11 is 0. The van der Waals surface area contributed by atoms with Gasteiger partial charge in [-0.05, 0) is 50.2 Å². The van der Waals surface area contributed by atoms with Gasteiger partial charge in [-0.25, -0.2) is 0 Å². The molecular weight excluding hydrogens is 258 g/mol. The number of pyridine rings is 1. The van der Waals surface area contributed by atoms with Gasteiger partial charge in [0.1, 0.15) is 0 Å². The number of aromatic nitrogens is 1. The summed E-state index contributed by atoms with van der Waals surface area (Å²) < 4.78 is 2.37. The van der Waals surface area contributed by atoms with E-state index in [1.165, 1.54) is 25.0 Å². The van der Waals surface area contributed by atoms with Gasteiger partial charge in [0.15, 0.2) is 5.43 Å². The van der Waals surface area contributed by atoms with Gasteiger partial charge in [-0.3, -0.25) is 4.79 Å². The van der Waals surface area contributed by atoms with Gasteiger partial charge in [0.25, 0.3) is 0 Å². The SMILES string of the molecule is CC/C=C\CCC1CCc2cc(=O)c3ccccc3n2C1. The van der Waals surface area contributed by atoms with Crippen LogP contribution in [0.3, 0.4) is 0 Å². The fraction of sp³-hybridized carbons (Fsp3) is 0.421. The van der Waals surface area contributed by atoms with Gasteiger partial charge in [-0.2, -0.15) is 0 Å². The van der Waals surface area contributed by atoms with Crippen molar-refractivity contribution in [2.75, 3.05) is 0 Å². The molecule has 21 heavy (non-hydrogen) atoms. The molecule has 1 aromatic heterocycles. The van der Waals surface area contributed by atoms with Crippen LogP contribution in [0.5, 0.6) is 0 Å². The summed E-state index contributed by atoms with van der Waals surface area (Å²) in [7, 11) is 0. The molecule has 0 bridgehead atoms. The molecule has 2 aromatic rings. The van der Waals surface area contributed by atoms with E-state index in [-0.39, 0.29) is 5.43 Å². The van der Waals surface area contributed by atoms with Crippen molar-refractivity contribution >= 4 is 10.9 Å². The number of hydrogen-bond acceptors (Lipinski definition) is 1. The molecule has 0 aliphatic carbocycles. The van der Waals surface area contributed by atoms with Crippen molar-refractivity contribution in [3.05, 3.63) is 58.4 Å². The van der Waals surface area contributed by atoms with E-state index in [2.05, 4.69) is 29.7 Å². The molecule has 1 atom stereocenters. The Morgan fingerprint density at radius 3 is 3.00 bits per heavy atom. The molecule has 0 fully saturated rings. The number of fused-ring (bicyclic) bond motifs is 3. The van der Waals surface area contributed by atoms with Crippen molar-refractivity contribution in [2.45, 2.75) is 45.6 Å². The third-order valence-corrected chi connectivity index (χ3v) is 4.50. The second kappa shape index (κ2) is 6.30. The minimum atomic E-state index is 0.168. The molecule has 1 aromatic carbocycles. The molecule has 2 heterocycles. The Hall–Kier alpha value is -1.83. The van der Waals surface area contributed by atoms with Gasteiger partial charge >= 0.3 is 0 Å². The fourth-order valence-electron chi connectivity index (χ4n) is 3.36. The number of rotatable bonds is 4. The predicted octanol–water partition coefficient (Wildman–Crippen LogP) is 4.31. The second-order valence-corrected chi connectivity index (χ2v) is 5.99. The summed E-state index contributed by atoms with van der Waals surface area (Å²) in [6.45, 7) is 3.23. The fourth-order valence-corrected chi connectivity index (χ4v) is 3.36. The lowest BCUT2D eigenvalue weighted by molar-refractivity contribution is 0.354. The molecule has 2 heteroatoms. The zero-order valence-corrected chi connectivity index (χ0v) is 12.7. The van der Waals surface area contributed by atoms with Crippen molar-refractivity contribution in [3.63, 3.8) is 0 Å². The van der Waals surface area contributed by atoms with Gasteiger partial charge in [0.2, 0.25) is 0 Å². The lowest BCUT2D eigenvalue weighted by atomic mass is 9.92. The molecule has 0 spiro atoms. The first kappa shape index (κ1) is 14.1. The highest BCUT2D eigenvalue weighted by molar-refractivity contribution is 5.79. The van der Waals surface area contributed by atoms with E-state index in [4.69, 9.17) is 0 Å². The number of nitrogens with zero attached hydrogens (tertiary/aromatic N) is 1. The summed E-state index contributed by atoms with van der Waals surface area (Å²) in [6, 6.07) is 9.85. The molecule has 0 saturated carbocycles. The smallest absolute Gasteiger partial charge is 0.189 e. The minimum Gasteiger partial charge on any atom is -0.344 e. The molecule has 0 amide bonds. The highest BCUT2D eigenvalue weighted by atomic mass is 16.1. The number of hydrogen-bond donors (Lipinski definition) is 0. The maximum Gasteiger partial charge on any atom is 0.189 e. The van der Waals surface area contributed by atoms with Crippen molar-refractivity contribution in [1.82, 2.24) is 4.57 Å². The van der Waals surface area contributed by atoms with Crippen LogP contribution in [0.4, 0.5) is 0 Å². The maximum absolute atomic E-state index is 12.2. The van der Waals surface area contributed by atoms with Gasteiger partial charge in [-0.1, -0.05) is 31.2 Å². The van der Waals surface area contributed by atoms with Crippen LogP contribution in [0.2, 0.25) is 0 Å². The van der Waals surface area contributed by atoms with E-state index in [0.29, 0.717) is 0 Å². The third kappa shape index (κ3) is 2.94. The Balaban J connectivity index is 1.86. The van der Waals surface area contributed by atoms with E-state index in [0.717, 1.165) is 36.2 Å². The normalized spacial score (nSPS) is 18.2. The number of benzene rings is 1. The summed E-state index contributed by atoms with van der Waals surface area (Å²) in [6.07, 6.45) is 10.3. The molecule has 1 aliphatic heterocycles. The Labute approximate surface area is 126 Å². The largest absolute Gasteiger partial charge is 0.344 e. The Kier molecular flexibility index (Phi) is 4.23. The van der Waals surface area contributed by atoms with Crippen LogP contribution in [0.15, 0.2) is 47.3 Å². The van der Waals surface area contributed by atoms with Crippen LogP contribution in [0.25, 0.3) is 10.9 Å². The Bertz CT molecular complexity index is 711. The van der Waals surface area contributed by atoms with Crippen molar-refractivity contribution < 1.29 is 0 Å². The molecule has 1 aliphatic rings. The zero-order valence-electron chi connectivity index (χ0n) is 12.7. The number of para-hydroxylation sites is 1. The lowest BCUT2D eigenvalue weighted by Crippen LogP contribution is -2.24. The van der Waals surface area contributed by atoms with Crippen LogP contribution in [-0.2, 0) is 13.0 Å². The second-order valence-electron chi connectivity index (χ2n) is 5.99. The first-order valence-corrected chi connectivity index (χ1v) is 8.06. The molecular formula is C19H23NO. The minimum absolute atomic E-state index is 0.168. The zero-order chi connectivity index (χ0) is 14.7. The molecule has 0 saturated heterocycles. The van der Waals surface area contributed by atoms with Crippen molar-refractivity contribution in [1.29, 1.82) is 0 Å². The first-order chi connectivity index (χ1) is 10.3. The standard InChI is InChI=1S/C19H23NO/c1-2-3-4-5-8-15-11-12-16-13-19(21)17-9-6-7-10-18(17)20(16)14-15/h3-4,6-7,9-10,13,15H,2,5,8,11-12,14H2,1H3/b4-3-. The average molecular weight is 281 g/mol. The van der Waals surface area contributed by atoms with E-state index in [1.807, 2.05) is 24.3 Å². The highest BCUT2D eigenvalue weighted by Crippen LogP contribution is 2.26. The van der Waals surface area contributed by atoms with Gasteiger partial charge in [0.05, 0.1) is 5.52 Å². The lowest BCUT2D eigenvalue weighted by Gasteiger charge is -2.28. The molecule has 0 radical (unpaired) electrons. The quantitative estimate of drug-likeness (QED) is 0.765. The summed E-state index contributed by atoms with van der Waals surface area (Å²) in [4.78, 5) is 12.2. The van der Waals surface area contributed by atoms with Gasteiger partial charge < -0.3 is 4.57 Å². The third-order valence-electron chi connectivity index (χ3n) is 4.50. The molecule has 2 nitrogen and oxygen atoms in total. The van der Waals surface area contributed by atoms with Crippen molar-refractivity contribution in [3.8, 4) is 0 Å². The highest BCUT2D eigenvalue weighted by Gasteiger charge is 2.19. The molecule has 0 N–H and O–H groups in total. The van der Waals surface area contributed by atoms with Crippen LogP contribution in [-0.4, -0.2) is 4.57 Å².